The Labute approximate surface area is 105 Å². The number of hydrogen-bond donors (Lipinski definition) is 2. The van der Waals surface area contributed by atoms with Crippen LogP contribution in [0.15, 0.2) is 24.5 Å². The molecule has 2 heterocycles. The van der Waals surface area contributed by atoms with Gasteiger partial charge in [0.1, 0.15) is 11.3 Å². The Bertz CT molecular complexity index is 545. The van der Waals surface area contributed by atoms with Crippen LogP contribution in [0.2, 0.25) is 0 Å². The van der Waals surface area contributed by atoms with Crippen molar-refractivity contribution in [2.45, 2.75) is 25.4 Å². The van der Waals surface area contributed by atoms with Gasteiger partial charge in [-0.1, -0.05) is 6.42 Å². The number of aromatic nitrogens is 3. The van der Waals surface area contributed by atoms with Gasteiger partial charge in [-0.15, -0.1) is 0 Å². The molecule has 0 amide bonds. The Morgan fingerprint density at radius 2 is 2.11 bits per heavy atom. The van der Waals surface area contributed by atoms with E-state index in [9.17, 15) is 5.11 Å². The summed E-state index contributed by atoms with van der Waals surface area (Å²) < 4.78 is 0. The van der Waals surface area contributed by atoms with Gasteiger partial charge in [0.2, 0.25) is 0 Å². The Morgan fingerprint density at radius 3 is 2.94 bits per heavy atom. The van der Waals surface area contributed by atoms with E-state index < -0.39 is 0 Å². The molecular weight excluding hydrogens is 228 g/mol. The van der Waals surface area contributed by atoms with Crippen LogP contribution in [0.25, 0.3) is 11.2 Å². The molecule has 1 aliphatic carbocycles. The fraction of sp³-hybridized carbons (Fsp3) is 0.462. The maximum absolute atomic E-state index is 9.76. The zero-order valence-electron chi connectivity index (χ0n) is 10.1. The SMILES string of the molecule is OC1CCCC1CNc1ccc2nccnc2n1. The molecule has 2 N–H and O–H groups in total. The summed E-state index contributed by atoms with van der Waals surface area (Å²) in [5.74, 6) is 1.13. The minimum absolute atomic E-state index is 0.169. The Kier molecular flexibility index (Phi) is 3.06. The predicted molar refractivity (Wildman–Crippen MR) is 69.2 cm³/mol. The highest BCUT2D eigenvalue weighted by Gasteiger charge is 2.24. The van der Waals surface area contributed by atoms with Crippen molar-refractivity contribution in [1.82, 2.24) is 15.0 Å². The average molecular weight is 244 g/mol. The third-order valence-corrected chi connectivity index (χ3v) is 3.50. The maximum atomic E-state index is 9.76. The van der Waals surface area contributed by atoms with E-state index in [4.69, 9.17) is 0 Å². The van der Waals surface area contributed by atoms with E-state index in [-0.39, 0.29) is 6.10 Å². The van der Waals surface area contributed by atoms with Gasteiger partial charge in [-0.05, 0) is 25.0 Å². The molecule has 18 heavy (non-hydrogen) atoms. The smallest absolute Gasteiger partial charge is 0.180 e. The number of rotatable bonds is 3. The second kappa shape index (κ2) is 4.86. The molecule has 94 valence electrons. The van der Waals surface area contributed by atoms with Crippen LogP contribution >= 0.6 is 0 Å². The van der Waals surface area contributed by atoms with E-state index in [0.29, 0.717) is 11.6 Å². The number of nitrogens with one attached hydrogen (secondary N) is 1. The van der Waals surface area contributed by atoms with Gasteiger partial charge in [0.25, 0.3) is 0 Å². The first-order chi connectivity index (χ1) is 8.83. The second-order valence-corrected chi connectivity index (χ2v) is 4.73. The van der Waals surface area contributed by atoms with Crippen LogP contribution in [-0.2, 0) is 0 Å². The van der Waals surface area contributed by atoms with Crippen molar-refractivity contribution in [2.24, 2.45) is 5.92 Å². The molecule has 0 radical (unpaired) electrons. The highest BCUT2D eigenvalue weighted by Crippen LogP contribution is 2.25. The summed E-state index contributed by atoms with van der Waals surface area (Å²) in [6.07, 6.45) is 6.25. The summed E-state index contributed by atoms with van der Waals surface area (Å²) in [6.45, 7) is 0.764. The molecule has 0 bridgehead atoms. The number of pyridine rings is 1. The standard InChI is InChI=1S/C13H16N4O/c18-11-3-1-2-9(11)8-16-12-5-4-10-13(17-12)15-7-6-14-10/h4-7,9,11,18H,1-3,8H2,(H,15,16,17). The molecule has 2 aromatic heterocycles. The Hall–Kier alpha value is -1.75. The summed E-state index contributed by atoms with van der Waals surface area (Å²) in [6, 6.07) is 3.81. The van der Waals surface area contributed by atoms with Crippen LogP contribution in [0, 0.1) is 5.92 Å². The summed E-state index contributed by atoms with van der Waals surface area (Å²) in [4.78, 5) is 12.7. The minimum atomic E-state index is -0.169. The first-order valence-electron chi connectivity index (χ1n) is 6.32. The van der Waals surface area contributed by atoms with Gasteiger partial charge in [0.15, 0.2) is 5.65 Å². The zero-order valence-corrected chi connectivity index (χ0v) is 10.1. The highest BCUT2D eigenvalue weighted by atomic mass is 16.3. The van der Waals surface area contributed by atoms with E-state index >= 15 is 0 Å². The van der Waals surface area contributed by atoms with E-state index in [2.05, 4.69) is 20.3 Å². The lowest BCUT2D eigenvalue weighted by Gasteiger charge is -2.15. The van der Waals surface area contributed by atoms with Crippen molar-refractivity contribution in [1.29, 1.82) is 0 Å². The number of aliphatic hydroxyl groups is 1. The van der Waals surface area contributed by atoms with Crippen LogP contribution in [0.4, 0.5) is 5.82 Å². The number of fused-ring (bicyclic) bond motifs is 1. The zero-order chi connectivity index (χ0) is 12.4. The maximum Gasteiger partial charge on any atom is 0.180 e. The Morgan fingerprint density at radius 1 is 1.22 bits per heavy atom. The molecule has 3 rings (SSSR count). The van der Waals surface area contributed by atoms with Gasteiger partial charge in [-0.25, -0.2) is 9.97 Å². The molecular formula is C13H16N4O. The summed E-state index contributed by atoms with van der Waals surface area (Å²) in [5.41, 5.74) is 1.44. The monoisotopic (exact) mass is 244 g/mol. The van der Waals surface area contributed by atoms with Crippen LogP contribution in [-0.4, -0.2) is 32.7 Å². The summed E-state index contributed by atoms with van der Waals surface area (Å²) in [7, 11) is 0. The van der Waals surface area contributed by atoms with Crippen LogP contribution in [0.1, 0.15) is 19.3 Å². The highest BCUT2D eigenvalue weighted by molar-refractivity contribution is 5.71. The van der Waals surface area contributed by atoms with Crippen molar-refractivity contribution in [3.05, 3.63) is 24.5 Å². The lowest BCUT2D eigenvalue weighted by atomic mass is 10.1. The van der Waals surface area contributed by atoms with Gasteiger partial charge in [-0.2, -0.15) is 0 Å². The number of nitrogens with zero attached hydrogens (tertiary/aromatic N) is 3. The molecule has 0 aromatic carbocycles. The molecule has 5 nitrogen and oxygen atoms in total. The third kappa shape index (κ3) is 2.26. The van der Waals surface area contributed by atoms with Crippen molar-refractivity contribution in [2.75, 3.05) is 11.9 Å². The number of hydrogen-bond acceptors (Lipinski definition) is 5. The van der Waals surface area contributed by atoms with E-state index in [0.717, 1.165) is 37.1 Å². The molecule has 1 saturated carbocycles. The van der Waals surface area contributed by atoms with Crippen molar-refractivity contribution in [3.63, 3.8) is 0 Å². The molecule has 2 atom stereocenters. The van der Waals surface area contributed by atoms with E-state index in [1.165, 1.54) is 0 Å². The molecule has 2 unspecified atom stereocenters. The van der Waals surface area contributed by atoms with Gasteiger partial charge < -0.3 is 10.4 Å². The van der Waals surface area contributed by atoms with Crippen LogP contribution < -0.4 is 5.32 Å². The van der Waals surface area contributed by atoms with Crippen molar-refractivity contribution in [3.8, 4) is 0 Å². The predicted octanol–water partition coefficient (Wildman–Crippen LogP) is 1.60. The average Bonchev–Trinajstić information content (AvgIpc) is 2.82. The lowest BCUT2D eigenvalue weighted by Crippen LogP contribution is -2.22. The fourth-order valence-electron chi connectivity index (χ4n) is 2.44. The van der Waals surface area contributed by atoms with Gasteiger partial charge in [0.05, 0.1) is 6.10 Å². The van der Waals surface area contributed by atoms with E-state index in [1.807, 2.05) is 12.1 Å². The lowest BCUT2D eigenvalue weighted by molar-refractivity contribution is 0.138. The quantitative estimate of drug-likeness (QED) is 0.858. The van der Waals surface area contributed by atoms with Crippen LogP contribution in [0.5, 0.6) is 0 Å². The number of aliphatic hydroxyl groups excluding tert-OH is 1. The molecule has 5 heteroatoms. The molecule has 0 aliphatic heterocycles. The summed E-state index contributed by atoms with van der Waals surface area (Å²) >= 11 is 0. The van der Waals surface area contributed by atoms with E-state index in [1.54, 1.807) is 12.4 Å². The number of anilines is 1. The first-order valence-corrected chi connectivity index (χ1v) is 6.32. The fourth-order valence-corrected chi connectivity index (χ4v) is 2.44. The summed E-state index contributed by atoms with van der Waals surface area (Å²) in [5, 5.41) is 13.0. The molecule has 1 fully saturated rings. The second-order valence-electron chi connectivity index (χ2n) is 4.73. The normalized spacial score (nSPS) is 23.4. The van der Waals surface area contributed by atoms with Crippen molar-refractivity contribution >= 4 is 17.0 Å². The van der Waals surface area contributed by atoms with Crippen molar-refractivity contribution < 1.29 is 5.11 Å². The van der Waals surface area contributed by atoms with Gasteiger partial charge in [-0.3, -0.25) is 4.98 Å². The molecule has 0 spiro atoms. The largest absolute Gasteiger partial charge is 0.393 e. The van der Waals surface area contributed by atoms with Gasteiger partial charge >= 0.3 is 0 Å². The van der Waals surface area contributed by atoms with Gasteiger partial charge in [0, 0.05) is 24.9 Å². The Balaban J connectivity index is 1.71. The molecule has 1 aliphatic rings. The molecule has 0 saturated heterocycles. The molecule has 2 aromatic rings. The third-order valence-electron chi connectivity index (χ3n) is 3.50. The minimum Gasteiger partial charge on any atom is -0.393 e. The van der Waals surface area contributed by atoms with Crippen LogP contribution in [0.3, 0.4) is 0 Å². The first kappa shape index (κ1) is 11.3. The topological polar surface area (TPSA) is 70.9 Å².